The second-order valence-corrected chi connectivity index (χ2v) is 5.56. The van der Waals surface area contributed by atoms with E-state index in [-0.39, 0.29) is 12.0 Å². The Kier molecular flexibility index (Phi) is 4.81. The lowest BCUT2D eigenvalue weighted by Gasteiger charge is -2.38. The lowest BCUT2D eigenvalue weighted by Crippen LogP contribution is -2.44. The van der Waals surface area contributed by atoms with Gasteiger partial charge in [0.15, 0.2) is 0 Å². The third-order valence-corrected chi connectivity index (χ3v) is 3.95. The number of para-hydroxylation sites is 2. The van der Waals surface area contributed by atoms with Gasteiger partial charge in [-0.25, -0.2) is 0 Å². The maximum atomic E-state index is 11.9. The van der Waals surface area contributed by atoms with Gasteiger partial charge in [0.1, 0.15) is 12.4 Å². The molecule has 0 unspecified atom stereocenters. The van der Waals surface area contributed by atoms with Crippen molar-refractivity contribution in [3.8, 4) is 5.75 Å². The largest absolute Gasteiger partial charge is 0.489 e. The number of benzene rings is 2. The molecule has 23 heavy (non-hydrogen) atoms. The van der Waals surface area contributed by atoms with Crippen LogP contribution in [0.25, 0.3) is 0 Å². The molecule has 0 N–H and O–H groups in total. The number of esters is 1. The monoisotopic (exact) mass is 311 g/mol. The summed E-state index contributed by atoms with van der Waals surface area (Å²) < 4.78 is 10.9. The smallest absolute Gasteiger partial charge is 0.307 e. The van der Waals surface area contributed by atoms with Gasteiger partial charge in [0.2, 0.25) is 0 Å². The molecule has 2 aromatic carbocycles. The first-order valence-electron chi connectivity index (χ1n) is 7.96. The summed E-state index contributed by atoms with van der Waals surface area (Å²) in [5.74, 6) is 0.682. The number of fused-ring (bicyclic) bond motifs is 1. The van der Waals surface area contributed by atoms with Crippen molar-refractivity contribution in [3.05, 3.63) is 60.2 Å². The van der Waals surface area contributed by atoms with E-state index in [1.807, 2.05) is 49.4 Å². The van der Waals surface area contributed by atoms with Crippen molar-refractivity contribution >= 4 is 11.7 Å². The molecule has 1 aliphatic rings. The first kappa shape index (κ1) is 15.4. The van der Waals surface area contributed by atoms with Crippen LogP contribution >= 0.6 is 0 Å². The second-order valence-electron chi connectivity index (χ2n) is 5.56. The van der Waals surface area contributed by atoms with Crippen LogP contribution in [0.2, 0.25) is 0 Å². The minimum absolute atomic E-state index is 0.0239. The molecule has 1 heterocycles. The van der Waals surface area contributed by atoms with E-state index in [1.165, 1.54) is 5.56 Å². The molecule has 0 saturated carbocycles. The molecule has 2 aromatic rings. The Balaban J connectivity index is 1.85. The van der Waals surface area contributed by atoms with Crippen LogP contribution in [-0.2, 0) is 16.1 Å². The predicted molar refractivity (Wildman–Crippen MR) is 89.6 cm³/mol. The van der Waals surface area contributed by atoms with Crippen LogP contribution < -0.4 is 9.64 Å². The zero-order chi connectivity index (χ0) is 16.1. The number of ether oxygens (including phenoxy) is 2. The molecule has 0 spiro atoms. The van der Waals surface area contributed by atoms with E-state index < -0.39 is 0 Å². The molecule has 0 aliphatic carbocycles. The average molecular weight is 311 g/mol. The van der Waals surface area contributed by atoms with Gasteiger partial charge in [-0.2, -0.15) is 0 Å². The van der Waals surface area contributed by atoms with Crippen LogP contribution in [0.1, 0.15) is 18.9 Å². The molecule has 0 amide bonds. The van der Waals surface area contributed by atoms with Crippen LogP contribution in [0.5, 0.6) is 5.75 Å². The number of anilines is 1. The van der Waals surface area contributed by atoms with Crippen molar-refractivity contribution in [3.63, 3.8) is 0 Å². The van der Waals surface area contributed by atoms with E-state index in [0.29, 0.717) is 19.6 Å². The van der Waals surface area contributed by atoms with Crippen molar-refractivity contribution in [2.24, 2.45) is 0 Å². The molecular weight excluding hydrogens is 290 g/mol. The minimum atomic E-state index is -0.182. The van der Waals surface area contributed by atoms with Gasteiger partial charge in [-0.05, 0) is 24.6 Å². The van der Waals surface area contributed by atoms with Gasteiger partial charge in [0, 0.05) is 6.54 Å². The molecule has 4 heteroatoms. The summed E-state index contributed by atoms with van der Waals surface area (Å²) in [6.07, 6.45) is 0.328. The van der Waals surface area contributed by atoms with Gasteiger partial charge in [-0.1, -0.05) is 42.5 Å². The van der Waals surface area contributed by atoms with Crippen LogP contribution in [-0.4, -0.2) is 25.2 Å². The number of hydrogen-bond donors (Lipinski definition) is 0. The maximum Gasteiger partial charge on any atom is 0.307 e. The molecule has 3 rings (SSSR count). The van der Waals surface area contributed by atoms with E-state index in [1.54, 1.807) is 0 Å². The number of carbonyl (C=O) groups is 1. The Morgan fingerprint density at radius 1 is 1.17 bits per heavy atom. The SMILES string of the molecule is CCOC(=O)C[C@@H]1COc2ccccc2N1Cc1ccccc1. The van der Waals surface area contributed by atoms with Crippen molar-refractivity contribution in [1.82, 2.24) is 0 Å². The highest BCUT2D eigenvalue weighted by molar-refractivity contribution is 5.72. The molecule has 1 aliphatic heterocycles. The molecule has 1 atom stereocenters. The lowest BCUT2D eigenvalue weighted by atomic mass is 10.1. The van der Waals surface area contributed by atoms with Gasteiger partial charge in [-0.3, -0.25) is 4.79 Å². The van der Waals surface area contributed by atoms with E-state index in [9.17, 15) is 4.79 Å². The highest BCUT2D eigenvalue weighted by Crippen LogP contribution is 2.35. The molecular formula is C19H21NO3. The first-order chi connectivity index (χ1) is 11.3. The van der Waals surface area contributed by atoms with Crippen LogP contribution in [0, 0.1) is 0 Å². The number of nitrogens with zero attached hydrogens (tertiary/aromatic N) is 1. The topological polar surface area (TPSA) is 38.8 Å². The van der Waals surface area contributed by atoms with Crippen molar-refractivity contribution < 1.29 is 14.3 Å². The molecule has 0 radical (unpaired) electrons. The summed E-state index contributed by atoms with van der Waals surface area (Å²) >= 11 is 0. The first-order valence-corrected chi connectivity index (χ1v) is 7.96. The third kappa shape index (κ3) is 3.65. The third-order valence-electron chi connectivity index (χ3n) is 3.95. The highest BCUT2D eigenvalue weighted by atomic mass is 16.5. The van der Waals surface area contributed by atoms with E-state index in [2.05, 4.69) is 17.0 Å². The van der Waals surface area contributed by atoms with Gasteiger partial charge in [0.05, 0.1) is 24.8 Å². The van der Waals surface area contributed by atoms with Crippen molar-refractivity contribution in [1.29, 1.82) is 0 Å². The second kappa shape index (κ2) is 7.18. The minimum Gasteiger partial charge on any atom is -0.489 e. The van der Waals surface area contributed by atoms with E-state index in [4.69, 9.17) is 9.47 Å². The fourth-order valence-electron chi connectivity index (χ4n) is 2.86. The Morgan fingerprint density at radius 3 is 2.70 bits per heavy atom. The van der Waals surface area contributed by atoms with Gasteiger partial charge in [-0.15, -0.1) is 0 Å². The van der Waals surface area contributed by atoms with Crippen LogP contribution in [0.4, 0.5) is 5.69 Å². The van der Waals surface area contributed by atoms with Gasteiger partial charge in [0.25, 0.3) is 0 Å². The summed E-state index contributed by atoms with van der Waals surface area (Å²) in [4.78, 5) is 14.2. The number of hydrogen-bond acceptors (Lipinski definition) is 4. The molecule has 0 saturated heterocycles. The molecule has 0 fully saturated rings. The summed E-state index contributed by atoms with van der Waals surface area (Å²) in [6.45, 7) is 3.46. The Labute approximate surface area is 136 Å². The fraction of sp³-hybridized carbons (Fsp3) is 0.316. The van der Waals surface area contributed by atoms with E-state index >= 15 is 0 Å². The average Bonchev–Trinajstić information content (AvgIpc) is 2.58. The maximum absolute atomic E-state index is 11.9. The normalized spacial score (nSPS) is 16.4. The number of rotatable bonds is 5. The molecule has 0 bridgehead atoms. The van der Waals surface area contributed by atoms with Gasteiger partial charge < -0.3 is 14.4 Å². The molecule has 4 nitrogen and oxygen atoms in total. The zero-order valence-electron chi connectivity index (χ0n) is 13.3. The summed E-state index contributed by atoms with van der Waals surface area (Å²) in [5.41, 5.74) is 2.23. The van der Waals surface area contributed by atoms with Crippen LogP contribution in [0.15, 0.2) is 54.6 Å². The fourth-order valence-corrected chi connectivity index (χ4v) is 2.86. The Morgan fingerprint density at radius 2 is 1.91 bits per heavy atom. The molecule has 0 aromatic heterocycles. The quantitative estimate of drug-likeness (QED) is 0.793. The zero-order valence-corrected chi connectivity index (χ0v) is 13.3. The number of carbonyl (C=O) groups excluding carboxylic acids is 1. The van der Waals surface area contributed by atoms with E-state index in [0.717, 1.165) is 18.0 Å². The van der Waals surface area contributed by atoms with Crippen molar-refractivity contribution in [2.75, 3.05) is 18.1 Å². The standard InChI is InChI=1S/C19H21NO3/c1-2-22-19(21)12-16-14-23-18-11-7-6-10-17(18)20(16)13-15-8-4-3-5-9-15/h3-11,16H,2,12-14H2,1H3/t16-/m1/s1. The predicted octanol–water partition coefficient (Wildman–Crippen LogP) is 3.41. The summed E-state index contributed by atoms with van der Waals surface area (Å²) in [5, 5.41) is 0. The van der Waals surface area contributed by atoms with Crippen molar-refractivity contribution in [2.45, 2.75) is 25.9 Å². The lowest BCUT2D eigenvalue weighted by molar-refractivity contribution is -0.143. The molecule has 120 valence electrons. The summed E-state index contributed by atoms with van der Waals surface area (Å²) in [7, 11) is 0. The Hall–Kier alpha value is -2.49. The van der Waals surface area contributed by atoms with Gasteiger partial charge >= 0.3 is 5.97 Å². The Bertz CT molecular complexity index is 657. The van der Waals surface area contributed by atoms with Crippen LogP contribution in [0.3, 0.4) is 0 Å². The highest BCUT2D eigenvalue weighted by Gasteiger charge is 2.29. The summed E-state index contributed by atoms with van der Waals surface area (Å²) in [6, 6.07) is 18.2.